The first kappa shape index (κ1) is 18.9. The molecule has 154 valence electrons. The van der Waals surface area contributed by atoms with E-state index >= 15 is 0 Å². The number of amides is 1. The minimum atomic E-state index is -0.0416. The number of nitrogens with zero attached hydrogens (tertiary/aromatic N) is 4. The zero-order valence-electron chi connectivity index (χ0n) is 16.8. The fraction of sp³-hybridized carbons (Fsp3) is 0.125. The molecular weight excluding hydrogens is 390 g/mol. The van der Waals surface area contributed by atoms with Crippen molar-refractivity contribution in [3.05, 3.63) is 85.8 Å². The molecule has 1 aliphatic heterocycles. The van der Waals surface area contributed by atoms with Gasteiger partial charge >= 0.3 is 0 Å². The number of para-hydroxylation sites is 1. The number of nitrogens with one attached hydrogen (secondary N) is 1. The lowest BCUT2D eigenvalue weighted by atomic mass is 10.1. The predicted octanol–water partition coefficient (Wildman–Crippen LogP) is 4.54. The highest BCUT2D eigenvalue weighted by Gasteiger charge is 2.31. The van der Waals surface area contributed by atoms with Crippen LogP contribution in [0.4, 0.5) is 11.5 Å². The van der Waals surface area contributed by atoms with Crippen LogP contribution in [0.2, 0.25) is 0 Å². The number of carbonyl (C=O) groups excluding carboxylic acids is 1. The van der Waals surface area contributed by atoms with Crippen LogP contribution in [0.1, 0.15) is 6.04 Å². The molecule has 31 heavy (non-hydrogen) atoms. The van der Waals surface area contributed by atoms with E-state index in [4.69, 9.17) is 4.74 Å². The summed E-state index contributed by atoms with van der Waals surface area (Å²) in [4.78, 5) is 22.4. The minimum absolute atomic E-state index is 0.0416. The summed E-state index contributed by atoms with van der Waals surface area (Å²) in [5, 5.41) is 3.39. The van der Waals surface area contributed by atoms with Crippen molar-refractivity contribution in [1.29, 1.82) is 0 Å². The second-order valence-electron chi connectivity index (χ2n) is 7.34. The van der Waals surface area contributed by atoms with Gasteiger partial charge in [-0.3, -0.25) is 4.79 Å². The Morgan fingerprint density at radius 1 is 1.03 bits per heavy atom. The van der Waals surface area contributed by atoms with Crippen LogP contribution in [0, 0.1) is 0 Å². The van der Waals surface area contributed by atoms with Gasteiger partial charge in [-0.25, -0.2) is 9.97 Å². The summed E-state index contributed by atoms with van der Waals surface area (Å²) < 4.78 is 7.99. The van der Waals surface area contributed by atoms with E-state index in [0.29, 0.717) is 13.1 Å². The molecule has 7 nitrogen and oxygen atoms in total. The third-order valence-corrected chi connectivity index (χ3v) is 5.34. The molecule has 2 aromatic carbocycles. The Balaban J connectivity index is 1.35. The lowest BCUT2D eigenvalue weighted by molar-refractivity contribution is -0.131. The van der Waals surface area contributed by atoms with Crippen molar-refractivity contribution >= 4 is 28.4 Å². The number of aromatic nitrogens is 3. The van der Waals surface area contributed by atoms with Gasteiger partial charge in [0.05, 0.1) is 11.6 Å². The number of ether oxygens (including phenoxy) is 1. The van der Waals surface area contributed by atoms with Crippen LogP contribution in [0.25, 0.3) is 11.0 Å². The number of likely N-dealkylation sites (tertiary alicyclic amines) is 1. The first-order valence-corrected chi connectivity index (χ1v) is 10.0. The van der Waals surface area contributed by atoms with Crippen LogP contribution in [-0.4, -0.2) is 38.4 Å². The molecule has 1 N–H and O–H groups in total. The van der Waals surface area contributed by atoms with Gasteiger partial charge in [0.25, 0.3) is 0 Å². The second-order valence-corrected chi connectivity index (χ2v) is 7.34. The maximum Gasteiger partial charge on any atom is 0.246 e. The number of carbonyl (C=O) groups is 1. The standard InChI is InChI=1S/C24H21N5O2/c1-2-22(30)28-14-18(15-28)29-13-12-21-23(29)24(26-16-25-21)27-17-8-10-20(11-9-17)31-19-6-4-3-5-7-19/h2-13,16,18H,1,14-15H2,(H,25,26,27). The number of hydrogen-bond donors (Lipinski definition) is 1. The van der Waals surface area contributed by atoms with Crippen molar-refractivity contribution in [3.63, 3.8) is 0 Å². The van der Waals surface area contributed by atoms with Gasteiger partial charge < -0.3 is 19.5 Å². The molecule has 0 spiro atoms. The van der Waals surface area contributed by atoms with Crippen LogP contribution < -0.4 is 10.1 Å². The summed E-state index contributed by atoms with van der Waals surface area (Å²) >= 11 is 0. The molecule has 1 fully saturated rings. The summed E-state index contributed by atoms with van der Waals surface area (Å²) in [7, 11) is 0. The summed E-state index contributed by atoms with van der Waals surface area (Å²) in [5.41, 5.74) is 2.67. The highest BCUT2D eigenvalue weighted by atomic mass is 16.5. The third-order valence-electron chi connectivity index (χ3n) is 5.34. The first-order chi connectivity index (χ1) is 15.2. The largest absolute Gasteiger partial charge is 0.457 e. The van der Waals surface area contributed by atoms with Gasteiger partial charge in [0.15, 0.2) is 5.82 Å². The molecule has 0 radical (unpaired) electrons. The van der Waals surface area contributed by atoms with E-state index in [0.717, 1.165) is 34.0 Å². The van der Waals surface area contributed by atoms with Gasteiger partial charge in [-0.2, -0.15) is 0 Å². The number of fused-ring (bicyclic) bond motifs is 1. The van der Waals surface area contributed by atoms with Crippen LogP contribution in [0.5, 0.6) is 11.5 Å². The van der Waals surface area contributed by atoms with Crippen molar-refractivity contribution < 1.29 is 9.53 Å². The van der Waals surface area contributed by atoms with Gasteiger partial charge in [0, 0.05) is 25.0 Å². The lowest BCUT2D eigenvalue weighted by Gasteiger charge is -2.39. The van der Waals surface area contributed by atoms with E-state index in [1.165, 1.54) is 6.08 Å². The third kappa shape index (κ3) is 3.73. The van der Waals surface area contributed by atoms with E-state index in [9.17, 15) is 4.79 Å². The topological polar surface area (TPSA) is 72.3 Å². The zero-order valence-corrected chi connectivity index (χ0v) is 16.8. The number of rotatable bonds is 6. The highest BCUT2D eigenvalue weighted by Crippen LogP contribution is 2.31. The molecule has 0 atom stereocenters. The molecule has 4 aromatic rings. The number of benzene rings is 2. The molecule has 1 amide bonds. The van der Waals surface area contributed by atoms with E-state index in [2.05, 4.69) is 26.4 Å². The summed E-state index contributed by atoms with van der Waals surface area (Å²) in [6.45, 7) is 4.85. The Kier molecular flexibility index (Phi) is 4.84. The average molecular weight is 411 g/mol. The van der Waals surface area contributed by atoms with Gasteiger partial charge in [-0.05, 0) is 48.5 Å². The Hall–Kier alpha value is -4.13. The lowest BCUT2D eigenvalue weighted by Crippen LogP contribution is -2.49. The monoisotopic (exact) mass is 411 g/mol. The molecule has 0 bridgehead atoms. The minimum Gasteiger partial charge on any atom is -0.457 e. The van der Waals surface area contributed by atoms with Crippen LogP contribution in [0.15, 0.2) is 85.8 Å². The first-order valence-electron chi connectivity index (χ1n) is 10.0. The molecular formula is C24H21N5O2. The van der Waals surface area contributed by atoms with Crippen molar-refractivity contribution in [2.75, 3.05) is 18.4 Å². The van der Waals surface area contributed by atoms with Crippen molar-refractivity contribution in [2.45, 2.75) is 6.04 Å². The predicted molar refractivity (Wildman–Crippen MR) is 120 cm³/mol. The maximum atomic E-state index is 11.8. The summed E-state index contributed by atoms with van der Waals surface area (Å²) in [6.07, 6.45) is 4.91. The quantitative estimate of drug-likeness (QED) is 0.472. The van der Waals surface area contributed by atoms with Gasteiger partial charge in [-0.15, -0.1) is 0 Å². The Labute approximate surface area is 179 Å². The van der Waals surface area contributed by atoms with Crippen molar-refractivity contribution in [2.24, 2.45) is 0 Å². The molecule has 7 heteroatoms. The molecule has 2 aromatic heterocycles. The molecule has 0 aliphatic carbocycles. The molecule has 3 heterocycles. The molecule has 1 saturated heterocycles. The van der Waals surface area contributed by atoms with Gasteiger partial charge in [0.2, 0.25) is 5.91 Å². The zero-order chi connectivity index (χ0) is 21.2. The van der Waals surface area contributed by atoms with Crippen molar-refractivity contribution in [3.8, 4) is 11.5 Å². The SMILES string of the molecule is C=CC(=O)N1CC(n2ccc3ncnc(Nc4ccc(Oc5ccccc5)cc4)c32)C1. The summed E-state index contributed by atoms with van der Waals surface area (Å²) in [5.74, 6) is 2.23. The normalized spacial score (nSPS) is 13.6. The van der Waals surface area contributed by atoms with Crippen LogP contribution in [-0.2, 0) is 4.79 Å². The average Bonchev–Trinajstić information content (AvgIpc) is 3.19. The molecule has 1 aliphatic rings. The van der Waals surface area contributed by atoms with E-state index in [1.54, 1.807) is 11.2 Å². The molecule has 0 unspecified atom stereocenters. The number of hydrogen-bond acceptors (Lipinski definition) is 5. The number of anilines is 2. The Bertz CT molecular complexity index is 1230. The molecule has 0 saturated carbocycles. The van der Waals surface area contributed by atoms with Crippen LogP contribution >= 0.6 is 0 Å². The van der Waals surface area contributed by atoms with E-state index in [1.807, 2.05) is 66.9 Å². The van der Waals surface area contributed by atoms with E-state index in [-0.39, 0.29) is 11.9 Å². The summed E-state index contributed by atoms with van der Waals surface area (Å²) in [6, 6.07) is 19.6. The van der Waals surface area contributed by atoms with Gasteiger partial charge in [0.1, 0.15) is 23.3 Å². The Morgan fingerprint density at radius 3 is 2.52 bits per heavy atom. The van der Waals surface area contributed by atoms with Gasteiger partial charge in [-0.1, -0.05) is 24.8 Å². The maximum absolute atomic E-state index is 11.8. The van der Waals surface area contributed by atoms with Crippen LogP contribution in [0.3, 0.4) is 0 Å². The highest BCUT2D eigenvalue weighted by molar-refractivity contribution is 5.89. The smallest absolute Gasteiger partial charge is 0.246 e. The molecule has 5 rings (SSSR count). The fourth-order valence-electron chi connectivity index (χ4n) is 3.70. The second kappa shape index (κ2) is 7.95. The fourth-order valence-corrected chi connectivity index (χ4v) is 3.70. The van der Waals surface area contributed by atoms with E-state index < -0.39 is 0 Å². The Morgan fingerprint density at radius 2 is 1.77 bits per heavy atom. The van der Waals surface area contributed by atoms with Crippen molar-refractivity contribution in [1.82, 2.24) is 19.4 Å².